The number of likely N-dealkylation sites (tertiary alicyclic amines) is 1. The first-order valence-corrected chi connectivity index (χ1v) is 7.50. The van der Waals surface area contributed by atoms with Gasteiger partial charge in [-0.05, 0) is 24.3 Å². The lowest BCUT2D eigenvalue weighted by Gasteiger charge is -2.32. The molecular formula is C13H16ClN3S. The third kappa shape index (κ3) is 2.60. The molecule has 0 aliphatic carbocycles. The molecule has 0 N–H and O–H groups in total. The van der Waals surface area contributed by atoms with Crippen LogP contribution in [0.25, 0.3) is 0 Å². The van der Waals surface area contributed by atoms with Gasteiger partial charge in [-0.2, -0.15) is 0 Å². The van der Waals surface area contributed by atoms with Crippen molar-refractivity contribution in [2.45, 2.75) is 25.4 Å². The van der Waals surface area contributed by atoms with Crippen LogP contribution in [0, 0.1) is 0 Å². The van der Waals surface area contributed by atoms with E-state index in [9.17, 15) is 0 Å². The summed E-state index contributed by atoms with van der Waals surface area (Å²) in [6.45, 7) is 3.27. The molecule has 0 unspecified atom stereocenters. The van der Waals surface area contributed by atoms with Crippen LogP contribution in [0.2, 0.25) is 5.02 Å². The van der Waals surface area contributed by atoms with E-state index in [4.69, 9.17) is 11.6 Å². The number of piperidine rings is 1. The Balaban J connectivity index is 1.56. The van der Waals surface area contributed by atoms with Gasteiger partial charge in [-0.3, -0.25) is 4.90 Å². The summed E-state index contributed by atoms with van der Waals surface area (Å²) in [7, 11) is 0. The van der Waals surface area contributed by atoms with Crippen LogP contribution < -0.4 is 0 Å². The first kappa shape index (κ1) is 12.2. The Kier molecular flexibility index (Phi) is 3.68. The second-order valence-corrected chi connectivity index (χ2v) is 6.12. The lowest BCUT2D eigenvalue weighted by atomic mass is 10.1. The maximum Gasteiger partial charge on any atom is 0.0948 e. The van der Waals surface area contributed by atoms with Gasteiger partial charge in [0.15, 0.2) is 0 Å². The van der Waals surface area contributed by atoms with Gasteiger partial charge in [-0.25, -0.2) is 4.98 Å². The Labute approximate surface area is 116 Å². The summed E-state index contributed by atoms with van der Waals surface area (Å²) in [5, 5.41) is 2.98. The Morgan fingerprint density at radius 2 is 2.22 bits per heavy atom. The number of rotatable bonds is 3. The van der Waals surface area contributed by atoms with Crippen molar-refractivity contribution in [3.63, 3.8) is 0 Å². The summed E-state index contributed by atoms with van der Waals surface area (Å²) in [6.07, 6.45) is 8.24. The minimum Gasteiger partial charge on any atom is -0.334 e. The fourth-order valence-corrected chi connectivity index (χ4v) is 3.64. The summed E-state index contributed by atoms with van der Waals surface area (Å²) in [4.78, 5) is 7.90. The average molecular weight is 282 g/mol. The first-order valence-electron chi connectivity index (χ1n) is 6.24. The Morgan fingerprint density at radius 3 is 2.83 bits per heavy atom. The van der Waals surface area contributed by atoms with Gasteiger partial charge in [-0.1, -0.05) is 11.6 Å². The maximum absolute atomic E-state index is 6.14. The highest BCUT2D eigenvalue weighted by molar-refractivity contribution is 7.10. The molecular weight excluding hydrogens is 266 g/mol. The van der Waals surface area contributed by atoms with Crippen LogP contribution in [-0.2, 0) is 6.54 Å². The van der Waals surface area contributed by atoms with E-state index in [0.717, 1.165) is 24.7 Å². The number of nitrogens with zero attached hydrogens (tertiary/aromatic N) is 3. The lowest BCUT2D eigenvalue weighted by molar-refractivity contribution is 0.181. The zero-order valence-corrected chi connectivity index (χ0v) is 11.7. The highest BCUT2D eigenvalue weighted by Gasteiger charge is 2.20. The molecule has 1 saturated heterocycles. The maximum atomic E-state index is 6.14. The van der Waals surface area contributed by atoms with E-state index in [1.807, 2.05) is 18.6 Å². The Bertz CT molecular complexity index is 486. The van der Waals surface area contributed by atoms with E-state index in [1.165, 1.54) is 17.7 Å². The molecule has 3 nitrogen and oxygen atoms in total. The molecule has 0 saturated carbocycles. The minimum atomic E-state index is 0.613. The molecule has 0 radical (unpaired) electrons. The minimum absolute atomic E-state index is 0.613. The highest BCUT2D eigenvalue weighted by Crippen LogP contribution is 2.27. The zero-order valence-electron chi connectivity index (χ0n) is 10.1. The van der Waals surface area contributed by atoms with Crippen molar-refractivity contribution in [3.8, 4) is 0 Å². The van der Waals surface area contributed by atoms with Crippen molar-refractivity contribution in [1.29, 1.82) is 0 Å². The summed E-state index contributed by atoms with van der Waals surface area (Å²) in [6, 6.07) is 2.60. The second kappa shape index (κ2) is 5.43. The van der Waals surface area contributed by atoms with Gasteiger partial charge in [0, 0.05) is 42.9 Å². The molecule has 0 amide bonds. The molecule has 5 heteroatoms. The van der Waals surface area contributed by atoms with Gasteiger partial charge in [-0.15, -0.1) is 11.3 Å². The molecule has 1 aliphatic heterocycles. The zero-order chi connectivity index (χ0) is 12.4. The van der Waals surface area contributed by atoms with E-state index in [-0.39, 0.29) is 0 Å². The van der Waals surface area contributed by atoms with E-state index >= 15 is 0 Å². The van der Waals surface area contributed by atoms with Crippen LogP contribution in [-0.4, -0.2) is 27.5 Å². The SMILES string of the molecule is Clc1ccsc1CN1CCC(n2ccnc2)CC1. The van der Waals surface area contributed by atoms with Gasteiger partial charge in [0.25, 0.3) is 0 Å². The van der Waals surface area contributed by atoms with E-state index in [2.05, 4.69) is 26.0 Å². The van der Waals surface area contributed by atoms with Gasteiger partial charge in [0.1, 0.15) is 0 Å². The van der Waals surface area contributed by atoms with Crippen molar-refractivity contribution in [1.82, 2.24) is 14.5 Å². The number of imidazole rings is 1. The standard InChI is InChI=1S/C13H16ClN3S/c14-12-3-8-18-13(12)9-16-5-1-11(2-6-16)17-7-4-15-10-17/h3-4,7-8,10-11H,1-2,5-6,9H2. The molecule has 0 aromatic carbocycles. The largest absolute Gasteiger partial charge is 0.334 e. The molecule has 1 fully saturated rings. The molecule has 0 bridgehead atoms. The van der Waals surface area contributed by atoms with Crippen LogP contribution >= 0.6 is 22.9 Å². The van der Waals surface area contributed by atoms with Crippen LogP contribution in [0.5, 0.6) is 0 Å². The fourth-order valence-electron chi connectivity index (χ4n) is 2.50. The van der Waals surface area contributed by atoms with Gasteiger partial charge in [0.05, 0.1) is 11.3 Å². The molecule has 3 rings (SSSR count). The Morgan fingerprint density at radius 1 is 1.39 bits per heavy atom. The summed E-state index contributed by atoms with van der Waals surface area (Å²) < 4.78 is 2.23. The first-order chi connectivity index (χ1) is 8.83. The number of hydrogen-bond acceptors (Lipinski definition) is 3. The van der Waals surface area contributed by atoms with Crippen molar-refractivity contribution in [2.24, 2.45) is 0 Å². The summed E-state index contributed by atoms with van der Waals surface area (Å²) in [5.74, 6) is 0. The van der Waals surface area contributed by atoms with Crippen molar-refractivity contribution < 1.29 is 0 Å². The number of aromatic nitrogens is 2. The predicted octanol–water partition coefficient (Wildman–Crippen LogP) is 3.44. The lowest BCUT2D eigenvalue weighted by Crippen LogP contribution is -2.33. The van der Waals surface area contributed by atoms with E-state index in [0.29, 0.717) is 6.04 Å². The third-order valence-corrected chi connectivity index (χ3v) is 4.93. The van der Waals surface area contributed by atoms with Gasteiger partial charge in [0.2, 0.25) is 0 Å². The number of hydrogen-bond donors (Lipinski definition) is 0. The smallest absolute Gasteiger partial charge is 0.0948 e. The average Bonchev–Trinajstić information content (AvgIpc) is 3.03. The molecule has 2 aromatic heterocycles. The van der Waals surface area contributed by atoms with Crippen LogP contribution in [0.15, 0.2) is 30.2 Å². The molecule has 2 aromatic rings. The molecule has 1 aliphatic rings. The van der Waals surface area contributed by atoms with Crippen molar-refractivity contribution >= 4 is 22.9 Å². The molecule has 0 atom stereocenters. The number of halogens is 1. The topological polar surface area (TPSA) is 21.1 Å². The van der Waals surface area contributed by atoms with Gasteiger partial charge >= 0.3 is 0 Å². The molecule has 3 heterocycles. The van der Waals surface area contributed by atoms with Crippen LogP contribution in [0.3, 0.4) is 0 Å². The number of thiophene rings is 1. The summed E-state index contributed by atoms with van der Waals surface area (Å²) >= 11 is 7.89. The molecule has 96 valence electrons. The highest BCUT2D eigenvalue weighted by atomic mass is 35.5. The van der Waals surface area contributed by atoms with Crippen molar-refractivity contribution in [3.05, 3.63) is 40.1 Å². The molecule has 0 spiro atoms. The normalized spacial score (nSPS) is 18.3. The Hall–Kier alpha value is -0.840. The monoisotopic (exact) mass is 281 g/mol. The third-order valence-electron chi connectivity index (χ3n) is 3.56. The van der Waals surface area contributed by atoms with Crippen LogP contribution in [0.4, 0.5) is 0 Å². The fraction of sp³-hybridized carbons (Fsp3) is 0.462. The van der Waals surface area contributed by atoms with Crippen LogP contribution in [0.1, 0.15) is 23.8 Å². The van der Waals surface area contributed by atoms with Crippen molar-refractivity contribution in [2.75, 3.05) is 13.1 Å². The van der Waals surface area contributed by atoms with E-state index < -0.39 is 0 Å². The quantitative estimate of drug-likeness (QED) is 0.859. The van der Waals surface area contributed by atoms with Gasteiger partial charge < -0.3 is 4.57 Å². The second-order valence-electron chi connectivity index (χ2n) is 4.71. The van der Waals surface area contributed by atoms with E-state index in [1.54, 1.807) is 11.3 Å². The molecule has 18 heavy (non-hydrogen) atoms. The predicted molar refractivity (Wildman–Crippen MR) is 75.1 cm³/mol. The summed E-state index contributed by atoms with van der Waals surface area (Å²) in [5.41, 5.74) is 0.